The van der Waals surface area contributed by atoms with Gasteiger partial charge in [0.2, 0.25) is 5.88 Å². The minimum Gasteiger partial charge on any atom is -0.466 e. The van der Waals surface area contributed by atoms with E-state index < -0.39 is 18.4 Å². The lowest BCUT2D eigenvalue weighted by atomic mass is 10.0. The summed E-state index contributed by atoms with van der Waals surface area (Å²) in [6.07, 6.45) is 1.17. The van der Waals surface area contributed by atoms with E-state index in [4.69, 9.17) is 4.74 Å². The summed E-state index contributed by atoms with van der Waals surface area (Å²) < 4.78 is 35.1. The molecular formula is C25H20F2N4O2. The molecule has 8 heteroatoms. The molecule has 0 radical (unpaired) electrons. The maximum Gasteiger partial charge on any atom is 0.287 e. The number of aromatic nitrogens is 3. The Morgan fingerprint density at radius 2 is 1.73 bits per heavy atom. The van der Waals surface area contributed by atoms with E-state index in [1.165, 1.54) is 4.90 Å². The van der Waals surface area contributed by atoms with Gasteiger partial charge < -0.3 is 9.64 Å². The van der Waals surface area contributed by atoms with Gasteiger partial charge in [-0.15, -0.1) is 0 Å². The Morgan fingerprint density at radius 1 is 0.970 bits per heavy atom. The van der Waals surface area contributed by atoms with Crippen LogP contribution < -0.4 is 4.74 Å². The zero-order valence-corrected chi connectivity index (χ0v) is 17.6. The summed E-state index contributed by atoms with van der Waals surface area (Å²) in [5, 5.41) is 0.886. The number of carbonyl (C=O) groups is 1. The largest absolute Gasteiger partial charge is 0.466 e. The molecule has 0 bridgehead atoms. The van der Waals surface area contributed by atoms with Gasteiger partial charge in [0, 0.05) is 42.4 Å². The van der Waals surface area contributed by atoms with Crippen LogP contribution in [0.2, 0.25) is 0 Å². The first-order valence-corrected chi connectivity index (χ1v) is 10.6. The van der Waals surface area contributed by atoms with Crippen LogP contribution in [0.3, 0.4) is 0 Å². The fourth-order valence-electron chi connectivity index (χ4n) is 3.91. The first-order valence-electron chi connectivity index (χ1n) is 10.6. The lowest BCUT2D eigenvalue weighted by molar-refractivity contribution is -0.131. The topological polar surface area (TPSA) is 68.2 Å². The summed E-state index contributed by atoms with van der Waals surface area (Å²) >= 11 is 0. The number of amides is 1. The Balaban J connectivity index is 1.40. The van der Waals surface area contributed by atoms with Crippen LogP contribution in [0.15, 0.2) is 79.1 Å². The van der Waals surface area contributed by atoms with E-state index in [2.05, 4.69) is 15.0 Å². The number of para-hydroxylation sites is 1. The molecule has 1 fully saturated rings. The monoisotopic (exact) mass is 446 g/mol. The van der Waals surface area contributed by atoms with Crippen molar-refractivity contribution < 1.29 is 18.3 Å². The van der Waals surface area contributed by atoms with Gasteiger partial charge in [-0.1, -0.05) is 36.4 Å². The molecule has 1 amide bonds. The number of piperidine rings is 1. The molecule has 5 rings (SSSR count). The number of hydrogen-bond acceptors (Lipinski definition) is 5. The maximum absolute atomic E-state index is 14.7. The molecule has 0 saturated carbocycles. The molecule has 3 heterocycles. The number of hydrogen-bond donors (Lipinski definition) is 0. The van der Waals surface area contributed by atoms with E-state index in [0.29, 0.717) is 22.5 Å². The van der Waals surface area contributed by atoms with Gasteiger partial charge in [-0.2, -0.15) is 0 Å². The number of nitrogens with zero attached hydrogens (tertiary/aromatic N) is 4. The molecule has 33 heavy (non-hydrogen) atoms. The number of pyridine rings is 1. The molecule has 1 saturated heterocycles. The summed E-state index contributed by atoms with van der Waals surface area (Å²) in [5.74, 6) is -2.96. The molecule has 166 valence electrons. The Bertz CT molecular complexity index is 1300. The van der Waals surface area contributed by atoms with Crippen molar-refractivity contribution in [2.45, 2.75) is 18.4 Å². The highest BCUT2D eigenvalue weighted by Crippen LogP contribution is 2.33. The number of alkyl halides is 2. The zero-order chi connectivity index (χ0) is 22.8. The Morgan fingerprint density at radius 3 is 2.58 bits per heavy atom. The average Bonchev–Trinajstić information content (AvgIpc) is 2.85. The number of likely N-dealkylation sites (tertiary alicyclic amines) is 1. The Labute approximate surface area is 188 Å². The first kappa shape index (κ1) is 20.9. The normalized spacial score (nSPS) is 17.6. The minimum absolute atomic E-state index is 0.0825. The van der Waals surface area contributed by atoms with Gasteiger partial charge in [-0.3, -0.25) is 4.79 Å². The maximum atomic E-state index is 14.7. The van der Waals surface area contributed by atoms with Crippen molar-refractivity contribution >= 4 is 16.8 Å². The van der Waals surface area contributed by atoms with Crippen molar-refractivity contribution in [3.63, 3.8) is 0 Å². The van der Waals surface area contributed by atoms with Crippen LogP contribution in [-0.2, 0) is 0 Å². The van der Waals surface area contributed by atoms with Gasteiger partial charge in [0.1, 0.15) is 0 Å². The molecule has 1 aliphatic heterocycles. The molecule has 0 aliphatic carbocycles. The Hall–Kier alpha value is -3.94. The van der Waals surface area contributed by atoms with Gasteiger partial charge in [-0.05, 0) is 24.3 Å². The third-order valence-corrected chi connectivity index (χ3v) is 5.66. The van der Waals surface area contributed by atoms with E-state index in [-0.39, 0.29) is 24.9 Å². The molecule has 1 atom stereocenters. The molecular weight excluding hydrogens is 426 g/mol. The third kappa shape index (κ3) is 4.24. The fraction of sp³-hybridized carbons (Fsp3) is 0.200. The summed E-state index contributed by atoms with van der Waals surface area (Å²) in [6, 6.07) is 19.3. The van der Waals surface area contributed by atoms with Crippen LogP contribution in [0, 0.1) is 0 Å². The molecule has 1 aliphatic rings. The van der Waals surface area contributed by atoms with Gasteiger partial charge in [0.15, 0.2) is 11.9 Å². The summed E-state index contributed by atoms with van der Waals surface area (Å²) in [6.45, 7) is -0.342. The first-order chi connectivity index (χ1) is 16.0. The molecule has 2 aromatic heterocycles. The van der Waals surface area contributed by atoms with Crippen LogP contribution in [0.5, 0.6) is 5.88 Å². The Kier molecular flexibility index (Phi) is 5.42. The van der Waals surface area contributed by atoms with Crippen LogP contribution in [-0.4, -0.2) is 50.9 Å². The van der Waals surface area contributed by atoms with E-state index in [1.54, 1.807) is 60.9 Å². The number of halogens is 2. The van der Waals surface area contributed by atoms with Crippen molar-refractivity contribution in [3.05, 3.63) is 84.7 Å². The lowest BCUT2D eigenvalue weighted by Crippen LogP contribution is -2.55. The molecule has 4 aromatic rings. The SMILES string of the molecule is O=C(c1ccccc1-c1ncccn1)N1CCC(F)(F)[C@@H](Oc2ccc3ccccc3n2)C1. The van der Waals surface area contributed by atoms with Crippen molar-refractivity contribution in [2.75, 3.05) is 13.1 Å². The highest BCUT2D eigenvalue weighted by molar-refractivity contribution is 6.00. The molecule has 0 N–H and O–H groups in total. The van der Waals surface area contributed by atoms with Crippen molar-refractivity contribution in [1.29, 1.82) is 0 Å². The number of carbonyl (C=O) groups excluding carboxylic acids is 1. The minimum atomic E-state index is -3.09. The second kappa shape index (κ2) is 8.54. The van der Waals surface area contributed by atoms with E-state index in [9.17, 15) is 13.6 Å². The van der Waals surface area contributed by atoms with Crippen LogP contribution >= 0.6 is 0 Å². The number of fused-ring (bicyclic) bond motifs is 1. The van der Waals surface area contributed by atoms with Crippen molar-refractivity contribution in [1.82, 2.24) is 19.9 Å². The summed E-state index contributed by atoms with van der Waals surface area (Å²) in [4.78, 5) is 27.5. The quantitative estimate of drug-likeness (QED) is 0.458. The highest BCUT2D eigenvalue weighted by Gasteiger charge is 2.47. The standard InChI is InChI=1S/C25H20F2N4O2/c26-25(27)12-15-31(16-21(25)33-22-11-10-17-6-1-4-9-20(17)30-22)24(32)19-8-3-2-7-18(19)23-28-13-5-14-29-23/h1-11,13-14,21H,12,15-16H2/t21-/m0/s1. The number of rotatable bonds is 4. The number of ether oxygens (including phenoxy) is 1. The van der Waals surface area contributed by atoms with Crippen LogP contribution in [0.4, 0.5) is 8.78 Å². The second-order valence-electron chi connectivity index (χ2n) is 7.83. The smallest absolute Gasteiger partial charge is 0.287 e. The highest BCUT2D eigenvalue weighted by atomic mass is 19.3. The van der Waals surface area contributed by atoms with Crippen LogP contribution in [0.25, 0.3) is 22.3 Å². The fourth-order valence-corrected chi connectivity index (χ4v) is 3.91. The van der Waals surface area contributed by atoms with Gasteiger partial charge in [-0.25, -0.2) is 23.7 Å². The van der Waals surface area contributed by atoms with E-state index >= 15 is 0 Å². The summed E-state index contributed by atoms with van der Waals surface area (Å²) in [5.41, 5.74) is 1.56. The molecule has 0 spiro atoms. The third-order valence-electron chi connectivity index (χ3n) is 5.66. The lowest BCUT2D eigenvalue weighted by Gasteiger charge is -2.38. The predicted molar refractivity (Wildman–Crippen MR) is 119 cm³/mol. The van der Waals surface area contributed by atoms with Crippen molar-refractivity contribution in [2.24, 2.45) is 0 Å². The molecule has 6 nitrogen and oxygen atoms in total. The zero-order valence-electron chi connectivity index (χ0n) is 17.6. The average molecular weight is 446 g/mol. The molecule has 2 aromatic carbocycles. The van der Waals surface area contributed by atoms with E-state index in [1.807, 2.05) is 18.2 Å². The van der Waals surface area contributed by atoms with Gasteiger partial charge >= 0.3 is 0 Å². The molecule has 0 unspecified atom stereocenters. The number of benzene rings is 2. The van der Waals surface area contributed by atoms with Gasteiger partial charge in [0.25, 0.3) is 11.8 Å². The van der Waals surface area contributed by atoms with Gasteiger partial charge in [0.05, 0.1) is 17.6 Å². The van der Waals surface area contributed by atoms with Crippen LogP contribution in [0.1, 0.15) is 16.8 Å². The van der Waals surface area contributed by atoms with Crippen molar-refractivity contribution in [3.8, 4) is 17.3 Å². The predicted octanol–water partition coefficient (Wildman–Crippen LogP) is 4.62. The van der Waals surface area contributed by atoms with E-state index in [0.717, 1.165) is 5.39 Å². The summed E-state index contributed by atoms with van der Waals surface area (Å²) in [7, 11) is 0. The second-order valence-corrected chi connectivity index (χ2v) is 7.83.